The Morgan fingerprint density at radius 1 is 1.03 bits per heavy atom. The third kappa shape index (κ3) is 7.10. The maximum atomic E-state index is 13.6. The van der Waals surface area contributed by atoms with Gasteiger partial charge in [0.15, 0.2) is 0 Å². The molecule has 3 rings (SSSR count). The van der Waals surface area contributed by atoms with Crippen LogP contribution in [0, 0.1) is 17.1 Å². The van der Waals surface area contributed by atoms with Crippen molar-refractivity contribution in [2.45, 2.75) is 19.6 Å². The van der Waals surface area contributed by atoms with Gasteiger partial charge in [0.1, 0.15) is 11.6 Å². The monoisotopic (exact) mass is 420 g/mol. The number of imide groups is 1. The highest BCUT2D eigenvalue weighted by Gasteiger charge is 2.15. The first-order valence-corrected chi connectivity index (χ1v) is 9.58. The molecule has 0 unspecified atom stereocenters. The van der Waals surface area contributed by atoms with Gasteiger partial charge >= 0.3 is 6.03 Å². The van der Waals surface area contributed by atoms with E-state index in [4.69, 9.17) is 9.68 Å². The molecular weight excluding hydrogens is 399 g/mol. The molecule has 0 aliphatic carbocycles. The van der Waals surface area contributed by atoms with E-state index in [1.807, 2.05) is 0 Å². The van der Waals surface area contributed by atoms with Crippen molar-refractivity contribution in [3.63, 3.8) is 0 Å². The Kier molecular flexibility index (Phi) is 7.51. The number of carbonyl (C=O) groups excluding carboxylic acids is 2. The zero-order valence-electron chi connectivity index (χ0n) is 16.7. The van der Waals surface area contributed by atoms with Gasteiger partial charge in [0.2, 0.25) is 5.91 Å². The van der Waals surface area contributed by atoms with E-state index >= 15 is 0 Å². The minimum absolute atomic E-state index is 0.0787. The second-order valence-corrected chi connectivity index (χ2v) is 6.89. The molecule has 0 fully saturated rings. The summed E-state index contributed by atoms with van der Waals surface area (Å²) >= 11 is 0. The van der Waals surface area contributed by atoms with Crippen LogP contribution in [0.2, 0.25) is 0 Å². The number of nitrogens with zero attached hydrogens (tertiary/aromatic N) is 2. The number of rotatable bonds is 8. The Bertz CT molecular complexity index is 1060. The van der Waals surface area contributed by atoms with Crippen LogP contribution in [0.15, 0.2) is 71.3 Å². The molecule has 7 nitrogen and oxygen atoms in total. The fraction of sp³-hybridized carbons (Fsp3) is 0.174. The van der Waals surface area contributed by atoms with Crippen LogP contribution in [0.25, 0.3) is 0 Å². The minimum Gasteiger partial charge on any atom is -0.467 e. The van der Waals surface area contributed by atoms with E-state index in [2.05, 4.69) is 16.7 Å². The van der Waals surface area contributed by atoms with Crippen molar-refractivity contribution in [3.8, 4) is 6.07 Å². The predicted octanol–water partition coefficient (Wildman–Crippen LogP) is 3.32. The highest BCUT2D eigenvalue weighted by atomic mass is 19.1. The maximum Gasteiger partial charge on any atom is 0.321 e. The normalized spacial score (nSPS) is 10.5. The molecule has 0 aliphatic rings. The second-order valence-electron chi connectivity index (χ2n) is 6.89. The van der Waals surface area contributed by atoms with Crippen LogP contribution >= 0.6 is 0 Å². The van der Waals surface area contributed by atoms with Crippen LogP contribution in [-0.2, 0) is 24.4 Å². The van der Waals surface area contributed by atoms with E-state index in [9.17, 15) is 14.0 Å². The number of carbonyl (C=O) groups is 2. The van der Waals surface area contributed by atoms with E-state index in [0.29, 0.717) is 30.0 Å². The molecule has 0 spiro atoms. The lowest BCUT2D eigenvalue weighted by Crippen LogP contribution is -2.44. The van der Waals surface area contributed by atoms with E-state index < -0.39 is 11.9 Å². The van der Waals surface area contributed by atoms with Gasteiger partial charge in [0.05, 0.1) is 31.0 Å². The molecule has 0 bridgehead atoms. The Hall–Kier alpha value is -3.96. The van der Waals surface area contributed by atoms with E-state index in [-0.39, 0.29) is 18.9 Å². The lowest BCUT2D eigenvalue weighted by atomic mass is 10.1. The highest BCUT2D eigenvalue weighted by Crippen LogP contribution is 2.12. The van der Waals surface area contributed by atoms with Crippen LogP contribution in [-0.4, -0.2) is 23.4 Å². The zero-order chi connectivity index (χ0) is 22.1. The van der Waals surface area contributed by atoms with Gasteiger partial charge in [-0.05, 0) is 47.5 Å². The molecule has 2 aromatic carbocycles. The van der Waals surface area contributed by atoms with Crippen molar-refractivity contribution >= 4 is 11.9 Å². The fourth-order valence-corrected chi connectivity index (χ4v) is 3.00. The number of amides is 3. The number of nitrogens with one attached hydrogen (secondary N) is 2. The first-order chi connectivity index (χ1) is 15.0. The lowest BCUT2D eigenvalue weighted by molar-refractivity contribution is -0.121. The van der Waals surface area contributed by atoms with Crippen molar-refractivity contribution in [2.75, 3.05) is 6.54 Å². The summed E-state index contributed by atoms with van der Waals surface area (Å²) < 4.78 is 18.7. The molecule has 2 N–H and O–H groups in total. The highest BCUT2D eigenvalue weighted by molar-refractivity contribution is 5.95. The Labute approximate surface area is 179 Å². The van der Waals surface area contributed by atoms with E-state index in [1.54, 1.807) is 53.4 Å². The smallest absolute Gasteiger partial charge is 0.321 e. The molecule has 0 saturated heterocycles. The summed E-state index contributed by atoms with van der Waals surface area (Å²) in [6.45, 7) is 0.762. The van der Waals surface area contributed by atoms with Crippen LogP contribution in [0.1, 0.15) is 22.5 Å². The van der Waals surface area contributed by atoms with Gasteiger partial charge < -0.3 is 9.73 Å². The van der Waals surface area contributed by atoms with Gasteiger partial charge in [-0.15, -0.1) is 0 Å². The van der Waals surface area contributed by atoms with E-state index in [1.165, 1.54) is 18.4 Å². The average molecular weight is 420 g/mol. The predicted molar refractivity (Wildman–Crippen MR) is 111 cm³/mol. The number of hydrogen-bond donors (Lipinski definition) is 2. The summed E-state index contributed by atoms with van der Waals surface area (Å²) in [6, 6.07) is 17.9. The number of halogens is 1. The van der Waals surface area contributed by atoms with Crippen molar-refractivity contribution in [3.05, 3.63) is 95.2 Å². The molecule has 0 radical (unpaired) electrons. The fourth-order valence-electron chi connectivity index (χ4n) is 3.00. The van der Waals surface area contributed by atoms with Crippen LogP contribution in [0.3, 0.4) is 0 Å². The molecule has 158 valence electrons. The van der Waals surface area contributed by atoms with Crippen molar-refractivity contribution < 1.29 is 18.4 Å². The zero-order valence-corrected chi connectivity index (χ0v) is 16.7. The number of hydrogen-bond acceptors (Lipinski definition) is 5. The van der Waals surface area contributed by atoms with E-state index in [0.717, 1.165) is 5.56 Å². The quantitative estimate of drug-likeness (QED) is 0.583. The summed E-state index contributed by atoms with van der Waals surface area (Å²) in [6.07, 6.45) is 1.49. The molecule has 8 heteroatoms. The third-order valence-corrected chi connectivity index (χ3v) is 4.41. The maximum absolute atomic E-state index is 13.6. The molecule has 3 aromatic rings. The first kappa shape index (κ1) is 21.7. The molecule has 1 heterocycles. The Morgan fingerprint density at radius 3 is 2.48 bits per heavy atom. The van der Waals surface area contributed by atoms with Gasteiger partial charge in [-0.3, -0.25) is 15.0 Å². The summed E-state index contributed by atoms with van der Waals surface area (Å²) in [7, 11) is 0. The van der Waals surface area contributed by atoms with Crippen molar-refractivity contribution in [2.24, 2.45) is 0 Å². The Morgan fingerprint density at radius 2 is 1.81 bits per heavy atom. The molecule has 31 heavy (non-hydrogen) atoms. The van der Waals surface area contributed by atoms with Crippen LogP contribution in [0.5, 0.6) is 0 Å². The molecule has 1 aromatic heterocycles. The van der Waals surface area contributed by atoms with Gasteiger partial charge in [0, 0.05) is 13.1 Å². The van der Waals surface area contributed by atoms with Crippen LogP contribution < -0.4 is 10.6 Å². The topological polar surface area (TPSA) is 98.4 Å². The second kappa shape index (κ2) is 10.7. The van der Waals surface area contributed by atoms with Crippen molar-refractivity contribution in [1.82, 2.24) is 15.5 Å². The largest absolute Gasteiger partial charge is 0.467 e. The summed E-state index contributed by atoms with van der Waals surface area (Å²) in [4.78, 5) is 26.2. The molecule has 0 atom stereocenters. The Balaban J connectivity index is 1.62. The SMILES string of the molecule is N#Cc1ccc(CN(CC(=O)NC(=O)NCc2ccco2)Cc2cccc(F)c2)cc1. The summed E-state index contributed by atoms with van der Waals surface area (Å²) in [5, 5.41) is 13.8. The number of nitriles is 1. The number of benzene rings is 2. The molecule has 3 amide bonds. The first-order valence-electron chi connectivity index (χ1n) is 9.58. The minimum atomic E-state index is -0.634. The van der Waals surface area contributed by atoms with Crippen molar-refractivity contribution in [1.29, 1.82) is 5.26 Å². The average Bonchev–Trinajstić information content (AvgIpc) is 3.26. The molecule has 0 aliphatic heterocycles. The van der Waals surface area contributed by atoms with Gasteiger partial charge in [-0.2, -0.15) is 5.26 Å². The summed E-state index contributed by atoms with van der Waals surface area (Å²) in [5.41, 5.74) is 2.11. The van der Waals surface area contributed by atoms with Crippen LogP contribution in [0.4, 0.5) is 9.18 Å². The number of urea groups is 1. The number of furan rings is 1. The molecule has 0 saturated carbocycles. The standard InChI is InChI=1S/C23H21FN4O3/c24-20-4-1-3-19(11-20)15-28(14-18-8-6-17(12-25)7-9-18)16-22(29)27-23(30)26-13-21-5-2-10-31-21/h1-11H,13-16H2,(H2,26,27,29,30). The lowest BCUT2D eigenvalue weighted by Gasteiger charge is -2.22. The molecular formula is C23H21FN4O3. The van der Waals surface area contributed by atoms with Gasteiger partial charge in [-0.25, -0.2) is 9.18 Å². The van der Waals surface area contributed by atoms with Gasteiger partial charge in [-0.1, -0.05) is 24.3 Å². The van der Waals surface area contributed by atoms with Gasteiger partial charge in [0.25, 0.3) is 0 Å². The third-order valence-electron chi connectivity index (χ3n) is 4.41. The summed E-state index contributed by atoms with van der Waals surface area (Å²) in [5.74, 6) is -0.296.